The summed E-state index contributed by atoms with van der Waals surface area (Å²) in [5, 5.41) is 28.4. The van der Waals surface area contributed by atoms with Gasteiger partial charge in [-0.25, -0.2) is 9.98 Å². The number of H-pyrrole nitrogens is 1. The van der Waals surface area contributed by atoms with E-state index in [9.17, 15) is 5.11 Å². The van der Waals surface area contributed by atoms with E-state index in [1.165, 1.54) is 18.4 Å². The molecule has 31 heavy (non-hydrogen) atoms. The highest BCUT2D eigenvalue weighted by Gasteiger charge is 2.46. The van der Waals surface area contributed by atoms with E-state index >= 15 is 0 Å². The molecule has 154 valence electrons. The zero-order valence-electron chi connectivity index (χ0n) is 17.5. The molecule has 7 heteroatoms. The molecule has 0 radical (unpaired) electrons. The van der Waals surface area contributed by atoms with Crippen molar-refractivity contribution in [2.75, 3.05) is 0 Å². The smallest absolute Gasteiger partial charge is 0.142 e. The van der Waals surface area contributed by atoms with Crippen molar-refractivity contribution in [1.82, 2.24) is 10.3 Å². The second-order valence-corrected chi connectivity index (χ2v) is 7.59. The lowest BCUT2D eigenvalue weighted by Gasteiger charge is -2.27. The molecule has 5 heterocycles. The number of aromatic amines is 1. The van der Waals surface area contributed by atoms with Gasteiger partial charge in [0.25, 0.3) is 0 Å². The summed E-state index contributed by atoms with van der Waals surface area (Å²) in [6.07, 6.45) is 17.7. The summed E-state index contributed by atoms with van der Waals surface area (Å²) in [6.45, 7) is 3.94. The van der Waals surface area contributed by atoms with Crippen LogP contribution >= 0.6 is 0 Å². The van der Waals surface area contributed by atoms with Crippen molar-refractivity contribution in [3.8, 4) is 0 Å². The van der Waals surface area contributed by atoms with Gasteiger partial charge in [0, 0.05) is 18.5 Å². The Labute approximate surface area is 180 Å². The highest BCUT2D eigenvalue weighted by Crippen LogP contribution is 2.39. The van der Waals surface area contributed by atoms with Gasteiger partial charge in [-0.2, -0.15) is 0 Å². The van der Waals surface area contributed by atoms with Crippen molar-refractivity contribution >= 4 is 29.8 Å². The normalized spacial score (nSPS) is 38.4. The molecule has 1 aromatic rings. The van der Waals surface area contributed by atoms with Crippen molar-refractivity contribution in [3.05, 3.63) is 95.0 Å². The average Bonchev–Trinajstić information content (AvgIpc) is 3.53. The third-order valence-electron chi connectivity index (χ3n) is 5.35. The minimum absolute atomic E-state index is 0.453. The first kappa shape index (κ1) is 18.0. The Bertz CT molecular complexity index is 1370. The molecular weight excluding hydrogens is 390 g/mol. The van der Waals surface area contributed by atoms with Gasteiger partial charge in [0.2, 0.25) is 0 Å². The van der Waals surface area contributed by atoms with Crippen LogP contribution in [0.2, 0.25) is 0 Å². The number of nitrogens with one attached hydrogen (secondary N) is 2. The van der Waals surface area contributed by atoms with E-state index in [4.69, 9.17) is 6.58 Å². The number of aliphatic hydroxyl groups is 1. The molecule has 0 aromatic carbocycles. The number of hydrogen-bond acceptors (Lipinski definition) is 6. The van der Waals surface area contributed by atoms with Gasteiger partial charge in [-0.15, -0.1) is 6.58 Å². The molecule has 4 aliphatic rings. The summed E-state index contributed by atoms with van der Waals surface area (Å²) in [6, 6.07) is 3.93. The SMILES string of the molecule is [2H]C1C(=CC=NO)C2(C=C)/C=C3/C=CC(=N3)/C=c3/cc/c([nH]3)=C/C3=NC(=C\C1(O)N2)/C=C3. The van der Waals surface area contributed by atoms with E-state index in [0.29, 0.717) is 17.0 Å². The first-order chi connectivity index (χ1) is 15.4. The number of fused-ring (bicyclic) bond motifs is 6. The number of allylic oxidation sites excluding steroid dienone is 5. The lowest BCUT2D eigenvalue weighted by molar-refractivity contribution is 0.0690. The van der Waals surface area contributed by atoms with Gasteiger partial charge in [-0.05, 0) is 72.4 Å². The van der Waals surface area contributed by atoms with Gasteiger partial charge in [0.15, 0.2) is 0 Å². The predicted octanol–water partition coefficient (Wildman–Crippen LogP) is 1.37. The Morgan fingerprint density at radius 3 is 2.32 bits per heavy atom. The van der Waals surface area contributed by atoms with Crippen LogP contribution in [0.25, 0.3) is 12.2 Å². The third kappa shape index (κ3) is 3.61. The van der Waals surface area contributed by atoms with Crippen LogP contribution in [0.15, 0.2) is 99.4 Å². The molecule has 0 aliphatic carbocycles. The molecule has 0 amide bonds. The average molecular weight is 412 g/mol. The maximum absolute atomic E-state index is 11.5. The van der Waals surface area contributed by atoms with Crippen LogP contribution in [0.3, 0.4) is 0 Å². The van der Waals surface area contributed by atoms with Crippen LogP contribution in [0.5, 0.6) is 0 Å². The van der Waals surface area contributed by atoms with Gasteiger partial charge in [0.05, 0.1) is 34.6 Å². The Morgan fingerprint density at radius 2 is 1.71 bits per heavy atom. The van der Waals surface area contributed by atoms with Crippen LogP contribution in [0.4, 0.5) is 0 Å². The molecule has 1 saturated heterocycles. The second-order valence-electron chi connectivity index (χ2n) is 7.59. The second kappa shape index (κ2) is 7.16. The van der Waals surface area contributed by atoms with Gasteiger partial charge >= 0.3 is 0 Å². The van der Waals surface area contributed by atoms with E-state index in [0.717, 1.165) is 22.1 Å². The largest absolute Gasteiger partial charge is 0.411 e. The molecule has 1 fully saturated rings. The van der Waals surface area contributed by atoms with Gasteiger partial charge in [-0.3, -0.25) is 5.32 Å². The van der Waals surface area contributed by atoms with Crippen molar-refractivity contribution < 1.29 is 11.7 Å². The van der Waals surface area contributed by atoms with Gasteiger partial charge < -0.3 is 15.3 Å². The van der Waals surface area contributed by atoms with Crippen LogP contribution in [0.1, 0.15) is 7.77 Å². The quantitative estimate of drug-likeness (QED) is 0.255. The summed E-state index contributed by atoms with van der Waals surface area (Å²) in [5.74, 6) is 0. The van der Waals surface area contributed by atoms with Crippen LogP contribution in [-0.4, -0.2) is 44.2 Å². The predicted molar refractivity (Wildman–Crippen MR) is 122 cm³/mol. The Hall–Kier alpha value is -3.81. The van der Waals surface area contributed by atoms with Crippen molar-refractivity contribution in [1.29, 1.82) is 0 Å². The van der Waals surface area contributed by atoms with Crippen LogP contribution in [-0.2, 0) is 0 Å². The minimum atomic E-state index is -1.75. The lowest BCUT2D eigenvalue weighted by Crippen LogP contribution is -2.48. The molecule has 3 atom stereocenters. The summed E-state index contributed by atoms with van der Waals surface area (Å²) < 4.78 is 8.79. The fraction of sp³-hybridized carbons (Fsp3) is 0.125. The topological polar surface area (TPSA) is 105 Å². The van der Waals surface area contributed by atoms with E-state index in [-0.39, 0.29) is 0 Å². The highest BCUT2D eigenvalue weighted by atomic mass is 16.4. The number of oxime groups is 1. The molecule has 4 aliphatic heterocycles. The van der Waals surface area contributed by atoms with Crippen LogP contribution < -0.4 is 16.0 Å². The maximum Gasteiger partial charge on any atom is 0.142 e. The summed E-state index contributed by atoms with van der Waals surface area (Å²) in [5.41, 5.74) is 0.247. The van der Waals surface area contributed by atoms with E-state index in [1.54, 1.807) is 18.2 Å². The van der Waals surface area contributed by atoms with Crippen molar-refractivity contribution in [3.63, 3.8) is 0 Å². The minimum Gasteiger partial charge on any atom is -0.411 e. The fourth-order valence-electron chi connectivity index (χ4n) is 4.01. The Kier molecular flexibility index (Phi) is 4.15. The molecule has 5 rings (SSSR count). The lowest BCUT2D eigenvalue weighted by atomic mass is 9.89. The highest BCUT2D eigenvalue weighted by molar-refractivity contribution is 6.20. The van der Waals surface area contributed by atoms with Gasteiger partial charge in [-0.1, -0.05) is 11.2 Å². The van der Waals surface area contributed by atoms with Crippen molar-refractivity contribution in [2.45, 2.75) is 17.7 Å². The Balaban J connectivity index is 1.76. The molecule has 8 bridgehead atoms. The first-order valence-electron chi connectivity index (χ1n) is 10.3. The molecule has 1 aromatic heterocycles. The monoisotopic (exact) mass is 412 g/mol. The zero-order chi connectivity index (χ0) is 22.3. The molecule has 0 spiro atoms. The standard InChI is InChI=1S/C24H21N5O2/c1-2-23-14-21-7-5-19(27-21)11-17-3-4-18(26-17)12-20-6-8-22(28-20)15-24(30,29-23)13-16(23)9-10-25-31/h2-12,14-15,26,29-31H,1,13H2/b16-9?,17-11-,18-12-,21-14-,22-15-,25-10?/i13D. The number of rotatable bonds is 2. The van der Waals surface area contributed by atoms with E-state index in [2.05, 4.69) is 32.0 Å². The third-order valence-corrected chi connectivity index (χ3v) is 5.35. The summed E-state index contributed by atoms with van der Waals surface area (Å²) in [7, 11) is 0. The molecule has 3 unspecified atom stereocenters. The first-order valence-corrected chi connectivity index (χ1v) is 9.76. The molecular formula is C24H21N5O2. The molecule has 0 saturated carbocycles. The van der Waals surface area contributed by atoms with E-state index in [1.807, 2.05) is 42.5 Å². The number of aliphatic imine (C=N–C) groups is 2. The maximum atomic E-state index is 11.5. The number of aromatic nitrogens is 1. The summed E-state index contributed by atoms with van der Waals surface area (Å²) in [4.78, 5) is 12.5. The van der Waals surface area contributed by atoms with Crippen LogP contribution in [0, 0.1) is 0 Å². The molecule has 4 N–H and O–H groups in total. The number of hydrogen-bond donors (Lipinski definition) is 4. The number of nitrogens with zero attached hydrogens (tertiary/aromatic N) is 3. The zero-order valence-corrected chi connectivity index (χ0v) is 16.5. The summed E-state index contributed by atoms with van der Waals surface area (Å²) >= 11 is 0. The fourth-order valence-corrected chi connectivity index (χ4v) is 4.01. The van der Waals surface area contributed by atoms with Gasteiger partial charge in [0.1, 0.15) is 5.72 Å². The Morgan fingerprint density at radius 1 is 1.06 bits per heavy atom. The van der Waals surface area contributed by atoms with E-state index < -0.39 is 17.7 Å². The molecule has 7 nitrogen and oxygen atoms in total. The van der Waals surface area contributed by atoms with Crippen molar-refractivity contribution in [2.24, 2.45) is 15.1 Å².